The molecule has 8 nitrogen and oxygen atoms in total. The van der Waals surface area contributed by atoms with Crippen LogP contribution in [0.2, 0.25) is 5.02 Å². The van der Waals surface area contributed by atoms with E-state index in [-0.39, 0.29) is 41.0 Å². The summed E-state index contributed by atoms with van der Waals surface area (Å²) in [4.78, 5) is 71.6. The predicted molar refractivity (Wildman–Crippen MR) is 181 cm³/mol. The molecular weight excluding hydrogens is 647 g/mol. The third kappa shape index (κ3) is 4.31. The molecule has 4 aromatic rings. The number of carbonyl (C=O) groups is 5. The molecule has 4 aliphatic rings. The number of carbonyl (C=O) groups excluding carboxylic acids is 5. The average Bonchev–Trinajstić information content (AvgIpc) is 3.46. The van der Waals surface area contributed by atoms with Crippen LogP contribution >= 0.6 is 11.6 Å². The van der Waals surface area contributed by atoms with Gasteiger partial charge in [-0.3, -0.25) is 28.9 Å². The van der Waals surface area contributed by atoms with Gasteiger partial charge < -0.3 is 5.11 Å². The number of Topliss-reactive ketones (excluding diaryl/α,β-unsaturated/α-hetero) is 1. The van der Waals surface area contributed by atoms with Crippen molar-refractivity contribution >= 4 is 63.2 Å². The first kappa shape index (κ1) is 31.1. The van der Waals surface area contributed by atoms with E-state index in [1.54, 1.807) is 43.3 Å². The number of benzene rings is 4. The fraction of sp³-hybridized carbons (Fsp3) is 0.256. The number of imide groups is 2. The molecule has 6 atom stereocenters. The van der Waals surface area contributed by atoms with Gasteiger partial charge in [-0.05, 0) is 91.9 Å². The van der Waals surface area contributed by atoms with Crippen LogP contribution < -0.4 is 9.80 Å². The van der Waals surface area contributed by atoms with Crippen LogP contribution in [0, 0.1) is 34.9 Å². The number of nitrogens with zero attached hydrogens (tertiary/aromatic N) is 2. The van der Waals surface area contributed by atoms with Crippen LogP contribution in [0.25, 0.3) is 10.8 Å². The third-order valence-corrected chi connectivity index (χ3v) is 11.5. The lowest BCUT2D eigenvalue weighted by Gasteiger charge is -2.49. The van der Waals surface area contributed by atoms with Gasteiger partial charge in [0, 0.05) is 17.0 Å². The van der Waals surface area contributed by atoms with Gasteiger partial charge in [-0.15, -0.1) is 0 Å². The lowest BCUT2D eigenvalue weighted by molar-refractivity contribution is -0.131. The lowest BCUT2D eigenvalue weighted by atomic mass is 9.51. The number of amides is 4. The predicted octanol–water partition coefficient (Wildman–Crippen LogP) is 6.98. The molecule has 0 aromatic heterocycles. The van der Waals surface area contributed by atoms with Crippen molar-refractivity contribution in [1.82, 2.24) is 0 Å². The molecular formula is C39H30ClFN2O6. The number of ketones is 1. The Morgan fingerprint density at radius 1 is 0.878 bits per heavy atom. The van der Waals surface area contributed by atoms with Gasteiger partial charge in [-0.1, -0.05) is 53.6 Å². The van der Waals surface area contributed by atoms with Crippen molar-refractivity contribution in [3.05, 3.63) is 112 Å². The summed E-state index contributed by atoms with van der Waals surface area (Å²) in [5, 5.41) is 12.8. The van der Waals surface area contributed by atoms with E-state index in [4.69, 9.17) is 11.6 Å². The van der Waals surface area contributed by atoms with Crippen LogP contribution in [0.1, 0.15) is 48.5 Å². The van der Waals surface area contributed by atoms with Crippen LogP contribution in [-0.4, -0.2) is 34.5 Å². The first-order chi connectivity index (χ1) is 23.4. The molecule has 1 N–H and O–H groups in total. The normalized spacial score (nSPS) is 27.7. The summed E-state index contributed by atoms with van der Waals surface area (Å²) >= 11 is 6.11. The number of aromatic hydroxyl groups is 1. The Kier molecular flexibility index (Phi) is 6.95. The highest BCUT2D eigenvalue weighted by Gasteiger charge is 2.68. The summed E-state index contributed by atoms with van der Waals surface area (Å²) in [7, 11) is 0. The monoisotopic (exact) mass is 676 g/mol. The Bertz CT molecular complexity index is 2200. The second-order valence-corrected chi connectivity index (χ2v) is 14.0. The number of rotatable bonds is 4. The van der Waals surface area contributed by atoms with E-state index in [2.05, 4.69) is 0 Å². The Morgan fingerprint density at radius 3 is 2.31 bits per heavy atom. The number of phenolic OH excluding ortho intramolecular Hbond substituents is 1. The molecule has 2 heterocycles. The van der Waals surface area contributed by atoms with E-state index in [0.717, 1.165) is 21.9 Å². The lowest BCUT2D eigenvalue weighted by Crippen LogP contribution is -2.49. The van der Waals surface area contributed by atoms with E-state index < -0.39 is 58.5 Å². The highest BCUT2D eigenvalue weighted by Crippen LogP contribution is 2.65. The van der Waals surface area contributed by atoms with Crippen LogP contribution in [0.4, 0.5) is 15.8 Å². The number of halogens is 2. The highest BCUT2D eigenvalue weighted by molar-refractivity contribution is 6.32. The minimum atomic E-state index is -1.41. The van der Waals surface area contributed by atoms with Crippen LogP contribution in [0.3, 0.4) is 0 Å². The molecule has 49 heavy (non-hydrogen) atoms. The van der Waals surface area contributed by atoms with Gasteiger partial charge in [0.15, 0.2) is 5.78 Å². The molecule has 6 unspecified atom stereocenters. The van der Waals surface area contributed by atoms with Gasteiger partial charge in [-0.25, -0.2) is 9.29 Å². The second kappa shape index (κ2) is 10.9. The van der Waals surface area contributed by atoms with Gasteiger partial charge in [0.05, 0.1) is 39.6 Å². The zero-order valence-electron chi connectivity index (χ0n) is 26.5. The zero-order chi connectivity index (χ0) is 34.5. The van der Waals surface area contributed by atoms with Crippen molar-refractivity contribution in [2.45, 2.75) is 32.6 Å². The maximum Gasteiger partial charge on any atom is 0.241 e. The van der Waals surface area contributed by atoms with Crippen molar-refractivity contribution in [1.29, 1.82) is 0 Å². The summed E-state index contributed by atoms with van der Waals surface area (Å²) in [6, 6.07) is 20.8. The Hall–Kier alpha value is -5.15. The quantitative estimate of drug-likeness (QED) is 0.142. The van der Waals surface area contributed by atoms with Crippen molar-refractivity contribution in [3.8, 4) is 5.75 Å². The molecule has 0 radical (unpaired) electrons. The molecule has 8 rings (SSSR count). The topological polar surface area (TPSA) is 112 Å². The van der Waals surface area contributed by atoms with Crippen molar-refractivity contribution < 1.29 is 33.5 Å². The average molecular weight is 677 g/mol. The highest BCUT2D eigenvalue weighted by atomic mass is 35.5. The number of hydrogen-bond acceptors (Lipinski definition) is 6. The fourth-order valence-electron chi connectivity index (χ4n) is 8.88. The van der Waals surface area contributed by atoms with Gasteiger partial charge in [0.25, 0.3) is 0 Å². The van der Waals surface area contributed by atoms with E-state index in [1.165, 1.54) is 24.0 Å². The number of fused-ring (bicyclic) bond motifs is 5. The van der Waals surface area contributed by atoms with Gasteiger partial charge in [-0.2, -0.15) is 0 Å². The van der Waals surface area contributed by atoms with Crippen molar-refractivity contribution in [3.63, 3.8) is 0 Å². The Balaban J connectivity index is 1.30. The van der Waals surface area contributed by atoms with Crippen molar-refractivity contribution in [2.24, 2.45) is 29.1 Å². The molecule has 4 aromatic carbocycles. The molecule has 3 fully saturated rings. The molecule has 246 valence electrons. The SMILES string of the molecule is CC(=O)c1ccc(N2C(=O)C3CC=C4C(CC5C(=O)N(c6ccc(F)c(Cl)c6)C(=O)C5(C)C4c4c(O)ccc5ccccc45)C3C2=O)cc1. The smallest absolute Gasteiger partial charge is 0.241 e. The van der Waals surface area contributed by atoms with E-state index in [9.17, 15) is 33.5 Å². The third-order valence-electron chi connectivity index (χ3n) is 11.2. The number of hydrogen-bond donors (Lipinski definition) is 1. The summed E-state index contributed by atoms with van der Waals surface area (Å²) in [5.41, 5.74) is 0.703. The first-order valence-corrected chi connectivity index (χ1v) is 16.5. The Labute approximate surface area is 285 Å². The molecule has 0 bridgehead atoms. The van der Waals surface area contributed by atoms with Gasteiger partial charge in [0.1, 0.15) is 11.6 Å². The second-order valence-electron chi connectivity index (χ2n) is 13.6. The van der Waals surface area contributed by atoms with E-state index in [1.807, 2.05) is 30.3 Å². The van der Waals surface area contributed by atoms with Crippen LogP contribution in [0.5, 0.6) is 5.75 Å². The summed E-state index contributed by atoms with van der Waals surface area (Å²) < 4.78 is 14.2. The zero-order valence-corrected chi connectivity index (χ0v) is 27.3. The van der Waals surface area contributed by atoms with Gasteiger partial charge >= 0.3 is 0 Å². The Morgan fingerprint density at radius 2 is 1.59 bits per heavy atom. The van der Waals surface area contributed by atoms with Crippen molar-refractivity contribution in [2.75, 3.05) is 9.80 Å². The maximum atomic E-state index is 14.7. The minimum Gasteiger partial charge on any atom is -0.508 e. The van der Waals surface area contributed by atoms with E-state index in [0.29, 0.717) is 22.2 Å². The maximum absolute atomic E-state index is 14.7. The minimum absolute atomic E-state index is 0.0584. The molecule has 0 spiro atoms. The largest absolute Gasteiger partial charge is 0.508 e. The van der Waals surface area contributed by atoms with Crippen LogP contribution in [-0.2, 0) is 19.2 Å². The number of anilines is 2. The molecule has 2 aliphatic heterocycles. The molecule has 4 amide bonds. The van der Waals surface area contributed by atoms with E-state index >= 15 is 0 Å². The molecule has 1 saturated carbocycles. The first-order valence-electron chi connectivity index (χ1n) is 16.2. The molecule has 2 aliphatic carbocycles. The van der Waals surface area contributed by atoms with Crippen LogP contribution in [0.15, 0.2) is 90.5 Å². The fourth-order valence-corrected chi connectivity index (χ4v) is 9.06. The summed E-state index contributed by atoms with van der Waals surface area (Å²) in [6.45, 7) is 3.16. The summed E-state index contributed by atoms with van der Waals surface area (Å²) in [5.74, 6) is -6.62. The number of allylic oxidation sites excluding steroid dienone is 2. The van der Waals surface area contributed by atoms with Gasteiger partial charge in [0.2, 0.25) is 23.6 Å². The summed E-state index contributed by atoms with van der Waals surface area (Å²) in [6.07, 6.45) is 2.25. The molecule has 2 saturated heterocycles. The standard InChI is InChI=1S/C39H30ClFN2O6/c1-19(44)20-7-10-22(11-8-20)42-35(46)26-14-13-25-27(32(26)37(42)48)18-28-36(47)43(23-12-15-30(41)29(40)17-23)38(49)39(28,2)34(25)33-24-6-4-3-5-21(24)9-16-31(33)45/h3-13,15-17,26-28,32,34,45H,14,18H2,1-2H3. The molecule has 10 heteroatoms. The number of phenols is 1.